The Kier molecular flexibility index (Phi) is 7.82. The fraction of sp³-hybridized carbons (Fsp3) is 0.333. The van der Waals surface area contributed by atoms with Gasteiger partial charge in [-0.15, -0.1) is 0 Å². The summed E-state index contributed by atoms with van der Waals surface area (Å²) in [5, 5.41) is 9.39. The second-order valence-corrected chi connectivity index (χ2v) is 11.3. The highest BCUT2D eigenvalue weighted by Crippen LogP contribution is 2.27. The van der Waals surface area contributed by atoms with Crippen LogP contribution >= 0.6 is 11.3 Å². The smallest absolute Gasteiger partial charge is 0.286 e. The van der Waals surface area contributed by atoms with Crippen LogP contribution in [-0.4, -0.2) is 73.5 Å². The number of benzene rings is 2. The molecule has 0 unspecified atom stereocenters. The highest BCUT2D eigenvalue weighted by molar-refractivity contribution is 7.89. The highest BCUT2D eigenvalue weighted by Gasteiger charge is 2.29. The minimum absolute atomic E-state index is 0.271. The molecule has 0 spiro atoms. The van der Waals surface area contributed by atoms with Crippen molar-refractivity contribution in [3.05, 3.63) is 65.2 Å². The summed E-state index contributed by atoms with van der Waals surface area (Å²) >= 11 is 1.15. The van der Waals surface area contributed by atoms with Gasteiger partial charge in [0.1, 0.15) is 4.88 Å². The Morgan fingerprint density at radius 2 is 1.83 bits per heavy atom. The molecule has 4 rings (SSSR count). The summed E-state index contributed by atoms with van der Waals surface area (Å²) in [5.41, 5.74) is 4.84. The maximum atomic E-state index is 13.2. The van der Waals surface area contributed by atoms with E-state index in [2.05, 4.69) is 36.0 Å². The van der Waals surface area contributed by atoms with E-state index in [1.54, 1.807) is 17.6 Å². The largest absolute Gasteiger partial charge is 0.345 e. The average Bonchev–Trinajstić information content (AvgIpc) is 3.39. The molecule has 1 aromatic heterocycles. The molecule has 35 heavy (non-hydrogen) atoms. The Morgan fingerprint density at radius 1 is 1.11 bits per heavy atom. The Hall–Kier alpha value is -2.83. The van der Waals surface area contributed by atoms with E-state index in [1.165, 1.54) is 16.1 Å². The number of thiazole rings is 1. The van der Waals surface area contributed by atoms with Gasteiger partial charge in [0.15, 0.2) is 5.13 Å². The minimum Gasteiger partial charge on any atom is -0.345 e. The number of hydrogen-bond donors (Lipinski definition) is 2. The van der Waals surface area contributed by atoms with Gasteiger partial charge in [-0.2, -0.15) is 4.31 Å². The van der Waals surface area contributed by atoms with E-state index in [1.807, 2.05) is 29.2 Å². The Labute approximate surface area is 209 Å². The molecule has 0 radical (unpaired) electrons. The van der Waals surface area contributed by atoms with E-state index >= 15 is 0 Å². The summed E-state index contributed by atoms with van der Waals surface area (Å²) < 4.78 is 27.9. The monoisotopic (exact) mass is 515 g/mol. The van der Waals surface area contributed by atoms with Crippen molar-refractivity contribution >= 4 is 32.4 Å². The molecule has 0 aliphatic carbocycles. The summed E-state index contributed by atoms with van der Waals surface area (Å²) in [6.07, 6.45) is 1.40. The molecule has 0 bridgehead atoms. The van der Waals surface area contributed by atoms with E-state index in [0.29, 0.717) is 36.2 Å². The van der Waals surface area contributed by atoms with Gasteiger partial charge in [-0.05, 0) is 48.5 Å². The van der Waals surface area contributed by atoms with Crippen LogP contribution < -0.4 is 10.4 Å². The van der Waals surface area contributed by atoms with E-state index in [-0.39, 0.29) is 4.90 Å². The fourth-order valence-corrected chi connectivity index (χ4v) is 6.21. The van der Waals surface area contributed by atoms with Crippen LogP contribution in [0.5, 0.6) is 0 Å². The first-order valence-electron chi connectivity index (χ1n) is 11.3. The number of hydroxylamine groups is 1. The van der Waals surface area contributed by atoms with Crippen molar-refractivity contribution in [2.45, 2.75) is 18.4 Å². The lowest BCUT2D eigenvalue weighted by atomic mass is 10.0. The Morgan fingerprint density at radius 3 is 2.49 bits per heavy atom. The van der Waals surface area contributed by atoms with Crippen molar-refractivity contribution in [2.24, 2.45) is 0 Å². The number of piperazine rings is 1. The summed E-state index contributed by atoms with van der Waals surface area (Å²) in [7, 11) is -1.54. The van der Waals surface area contributed by atoms with E-state index in [4.69, 9.17) is 5.21 Å². The zero-order valence-electron chi connectivity index (χ0n) is 19.7. The quantitative estimate of drug-likeness (QED) is 0.351. The van der Waals surface area contributed by atoms with Gasteiger partial charge in [-0.3, -0.25) is 10.0 Å². The minimum atomic E-state index is -3.62. The van der Waals surface area contributed by atoms with Crippen LogP contribution in [0.4, 0.5) is 5.13 Å². The molecule has 1 aliphatic rings. The lowest BCUT2D eigenvalue weighted by Crippen LogP contribution is -2.48. The number of sulfonamides is 1. The van der Waals surface area contributed by atoms with Gasteiger partial charge in [0.2, 0.25) is 10.0 Å². The van der Waals surface area contributed by atoms with Crippen LogP contribution in [0.3, 0.4) is 0 Å². The third-order valence-corrected chi connectivity index (χ3v) is 9.04. The van der Waals surface area contributed by atoms with Crippen molar-refractivity contribution < 1.29 is 18.4 Å². The number of nitrogens with one attached hydrogen (secondary N) is 1. The van der Waals surface area contributed by atoms with Crippen LogP contribution in [0.25, 0.3) is 11.1 Å². The SMILES string of the molecule is CCN(C)Cc1cccc(-c2ccc(S(=O)(=O)N3CCN(c4ncc(C(=O)NO)s4)CC3)cc2)c1. The topological polar surface area (TPSA) is 106 Å². The molecule has 2 aromatic carbocycles. The zero-order chi connectivity index (χ0) is 25.0. The van der Waals surface area contributed by atoms with Crippen molar-refractivity contribution in [1.29, 1.82) is 0 Å². The summed E-state index contributed by atoms with van der Waals surface area (Å²) in [6, 6.07) is 15.4. The van der Waals surface area contributed by atoms with Gasteiger partial charge in [-0.1, -0.05) is 48.6 Å². The second-order valence-electron chi connectivity index (χ2n) is 8.39. The lowest BCUT2D eigenvalue weighted by molar-refractivity contribution is 0.0710. The number of rotatable bonds is 8. The normalized spacial score (nSPS) is 14.9. The molecule has 1 amide bonds. The number of carbonyl (C=O) groups is 1. The molecule has 3 aromatic rings. The molecule has 0 atom stereocenters. The number of amides is 1. The number of aromatic nitrogens is 1. The first-order valence-corrected chi connectivity index (χ1v) is 13.6. The first kappa shape index (κ1) is 25.3. The van der Waals surface area contributed by atoms with Gasteiger partial charge in [0, 0.05) is 32.7 Å². The van der Waals surface area contributed by atoms with E-state index in [9.17, 15) is 13.2 Å². The molecule has 2 heterocycles. The molecular formula is C24H29N5O4S2. The molecule has 1 saturated heterocycles. The van der Waals surface area contributed by atoms with Gasteiger partial charge >= 0.3 is 0 Å². The molecule has 186 valence electrons. The predicted molar refractivity (Wildman–Crippen MR) is 136 cm³/mol. The third kappa shape index (κ3) is 5.71. The van der Waals surface area contributed by atoms with Gasteiger partial charge < -0.3 is 9.80 Å². The molecule has 9 nitrogen and oxygen atoms in total. The second kappa shape index (κ2) is 10.8. The van der Waals surface area contributed by atoms with Crippen molar-refractivity contribution in [3.8, 4) is 11.1 Å². The maximum Gasteiger partial charge on any atom is 0.286 e. The molecule has 0 saturated carbocycles. The molecule has 11 heteroatoms. The lowest BCUT2D eigenvalue weighted by Gasteiger charge is -2.33. The summed E-state index contributed by atoms with van der Waals surface area (Å²) in [5.74, 6) is -0.613. The van der Waals surface area contributed by atoms with Crippen molar-refractivity contribution in [1.82, 2.24) is 19.7 Å². The van der Waals surface area contributed by atoms with Gasteiger partial charge in [0.25, 0.3) is 5.91 Å². The van der Waals surface area contributed by atoms with Crippen LogP contribution in [0.15, 0.2) is 59.6 Å². The maximum absolute atomic E-state index is 13.2. The molecule has 2 N–H and O–H groups in total. The highest BCUT2D eigenvalue weighted by atomic mass is 32.2. The van der Waals surface area contributed by atoms with Crippen LogP contribution in [0, 0.1) is 0 Å². The first-order chi connectivity index (χ1) is 16.8. The Bertz CT molecular complexity index is 1270. The zero-order valence-corrected chi connectivity index (χ0v) is 21.3. The van der Waals surface area contributed by atoms with Crippen LogP contribution in [0.2, 0.25) is 0 Å². The summed E-state index contributed by atoms with van der Waals surface area (Å²) in [4.78, 5) is 20.5. The standard InChI is InChI=1S/C24H29N5O4S2/c1-3-27(2)17-18-5-4-6-20(15-18)19-7-9-21(10-8-19)35(32,33)29-13-11-28(12-14-29)24-25-16-22(34-24)23(30)26-31/h4-10,15-16,31H,3,11-14,17H2,1-2H3,(H,26,30). The van der Waals surface area contributed by atoms with E-state index < -0.39 is 15.9 Å². The molecule has 1 fully saturated rings. The predicted octanol–water partition coefficient (Wildman–Crippen LogP) is 2.89. The van der Waals surface area contributed by atoms with Gasteiger partial charge in [0.05, 0.1) is 11.1 Å². The van der Waals surface area contributed by atoms with Crippen LogP contribution in [0.1, 0.15) is 22.2 Å². The van der Waals surface area contributed by atoms with Crippen molar-refractivity contribution in [3.63, 3.8) is 0 Å². The van der Waals surface area contributed by atoms with Gasteiger partial charge in [-0.25, -0.2) is 18.9 Å². The fourth-order valence-electron chi connectivity index (χ4n) is 3.93. The third-order valence-electron chi connectivity index (χ3n) is 6.07. The van der Waals surface area contributed by atoms with E-state index in [0.717, 1.165) is 35.6 Å². The number of hydrogen-bond acceptors (Lipinski definition) is 8. The Balaban J connectivity index is 1.42. The number of nitrogens with zero attached hydrogens (tertiary/aromatic N) is 4. The number of anilines is 1. The number of carbonyl (C=O) groups excluding carboxylic acids is 1. The van der Waals surface area contributed by atoms with Crippen LogP contribution in [-0.2, 0) is 16.6 Å². The summed E-state index contributed by atoms with van der Waals surface area (Å²) in [6.45, 7) is 5.51. The molecule has 1 aliphatic heterocycles. The van der Waals surface area contributed by atoms with Crippen molar-refractivity contribution in [2.75, 3.05) is 44.7 Å². The average molecular weight is 516 g/mol. The molecular weight excluding hydrogens is 486 g/mol.